The number of amides is 2. The summed E-state index contributed by atoms with van der Waals surface area (Å²) in [5, 5.41) is 32.7. The van der Waals surface area contributed by atoms with Crippen LogP contribution in [-0.2, 0) is 19.2 Å². The van der Waals surface area contributed by atoms with Gasteiger partial charge in [-0.3, -0.25) is 19.2 Å². The second-order valence-corrected chi connectivity index (χ2v) is 8.08. The molecule has 0 bridgehead atoms. The fourth-order valence-electron chi connectivity index (χ4n) is 1.89. The van der Waals surface area contributed by atoms with Gasteiger partial charge in [-0.1, -0.05) is 25.6 Å². The third kappa shape index (κ3) is 11.8. The lowest BCUT2D eigenvalue weighted by Gasteiger charge is -2.27. The summed E-state index contributed by atoms with van der Waals surface area (Å²) < 4.78 is 0. The van der Waals surface area contributed by atoms with Gasteiger partial charge >= 0.3 is 0 Å². The van der Waals surface area contributed by atoms with E-state index in [0.29, 0.717) is 5.75 Å². The maximum absolute atomic E-state index is 11.7. The molecule has 0 unspecified atom stereocenters. The van der Waals surface area contributed by atoms with Crippen LogP contribution >= 0.6 is 11.8 Å². The SMILES string of the molecule is C[C@H](O)CC(=O)CC(=O)SCCNC(=O)CCNC(=O)[C@H](O)C(C)(C)CO. The van der Waals surface area contributed by atoms with Crippen LogP contribution in [0.5, 0.6) is 0 Å². The summed E-state index contributed by atoms with van der Waals surface area (Å²) in [5.41, 5.74) is -0.979. The number of rotatable bonds is 13. The molecular weight excluding hydrogens is 376 g/mol. The van der Waals surface area contributed by atoms with Crippen molar-refractivity contribution in [1.82, 2.24) is 10.6 Å². The van der Waals surface area contributed by atoms with Crippen LogP contribution in [0.1, 0.15) is 40.0 Å². The van der Waals surface area contributed by atoms with E-state index in [9.17, 15) is 24.3 Å². The zero-order chi connectivity index (χ0) is 21.0. The van der Waals surface area contributed by atoms with Crippen LogP contribution in [0.4, 0.5) is 0 Å². The zero-order valence-electron chi connectivity index (χ0n) is 16.0. The van der Waals surface area contributed by atoms with E-state index in [1.807, 2.05) is 0 Å². The summed E-state index contributed by atoms with van der Waals surface area (Å²) in [4.78, 5) is 46.3. The van der Waals surface area contributed by atoms with Crippen LogP contribution in [-0.4, -0.2) is 75.7 Å². The minimum atomic E-state index is -1.38. The third-order valence-electron chi connectivity index (χ3n) is 3.60. The highest BCUT2D eigenvalue weighted by Crippen LogP contribution is 2.19. The Labute approximate surface area is 163 Å². The van der Waals surface area contributed by atoms with E-state index in [4.69, 9.17) is 10.2 Å². The number of nitrogens with one attached hydrogen (secondary N) is 2. The molecule has 0 aromatic carbocycles. The van der Waals surface area contributed by atoms with Crippen molar-refractivity contribution in [3.8, 4) is 0 Å². The maximum Gasteiger partial charge on any atom is 0.249 e. The number of thioether (sulfide) groups is 1. The Morgan fingerprint density at radius 2 is 1.70 bits per heavy atom. The van der Waals surface area contributed by atoms with E-state index >= 15 is 0 Å². The predicted octanol–water partition coefficient (Wildman–Crippen LogP) is -1.02. The number of aliphatic hydroxyl groups is 3. The molecule has 0 aromatic rings. The first kappa shape index (κ1) is 25.5. The van der Waals surface area contributed by atoms with E-state index in [1.54, 1.807) is 13.8 Å². The summed E-state index contributed by atoms with van der Waals surface area (Å²) in [5.74, 6) is -1.01. The molecule has 0 saturated heterocycles. The van der Waals surface area contributed by atoms with E-state index in [2.05, 4.69) is 10.6 Å². The lowest BCUT2D eigenvalue weighted by molar-refractivity contribution is -0.137. The fraction of sp³-hybridized carbons (Fsp3) is 0.765. The lowest BCUT2D eigenvalue weighted by atomic mass is 9.87. The average molecular weight is 407 g/mol. The zero-order valence-corrected chi connectivity index (χ0v) is 16.8. The quantitative estimate of drug-likeness (QED) is 0.192. The highest BCUT2D eigenvalue weighted by atomic mass is 32.2. The molecule has 0 spiro atoms. The van der Waals surface area contributed by atoms with Crippen molar-refractivity contribution in [2.45, 2.75) is 52.2 Å². The first-order valence-electron chi connectivity index (χ1n) is 8.68. The van der Waals surface area contributed by atoms with Crippen molar-refractivity contribution in [3.05, 3.63) is 0 Å². The number of Topliss-reactive ketones (excluding diaryl/α,β-unsaturated/α-hetero) is 1. The lowest BCUT2D eigenvalue weighted by Crippen LogP contribution is -2.46. The molecule has 9 nitrogen and oxygen atoms in total. The van der Waals surface area contributed by atoms with Gasteiger partial charge in [0.2, 0.25) is 11.8 Å². The molecule has 0 aliphatic carbocycles. The second kappa shape index (κ2) is 12.8. The van der Waals surface area contributed by atoms with Crippen molar-refractivity contribution >= 4 is 34.5 Å². The molecule has 5 N–H and O–H groups in total. The van der Waals surface area contributed by atoms with E-state index in [1.165, 1.54) is 6.92 Å². The van der Waals surface area contributed by atoms with Gasteiger partial charge in [-0.25, -0.2) is 0 Å². The van der Waals surface area contributed by atoms with Crippen molar-refractivity contribution in [1.29, 1.82) is 0 Å². The Hall–Kier alpha value is -1.49. The first-order chi connectivity index (χ1) is 12.5. The number of hydrogen-bond donors (Lipinski definition) is 5. The monoisotopic (exact) mass is 406 g/mol. The van der Waals surface area contributed by atoms with Gasteiger partial charge in [-0.05, 0) is 6.92 Å². The van der Waals surface area contributed by atoms with Crippen molar-refractivity contribution in [2.75, 3.05) is 25.4 Å². The predicted molar refractivity (Wildman–Crippen MR) is 101 cm³/mol. The van der Waals surface area contributed by atoms with Gasteiger partial charge in [0.05, 0.1) is 19.1 Å². The van der Waals surface area contributed by atoms with Crippen molar-refractivity contribution in [2.24, 2.45) is 5.41 Å². The Bertz CT molecular complexity index is 523. The normalized spacial score (nSPS) is 13.6. The molecule has 0 rings (SSSR count). The molecule has 0 aromatic heterocycles. The molecule has 2 atom stereocenters. The summed E-state index contributed by atoms with van der Waals surface area (Å²) in [6.45, 7) is 4.46. The van der Waals surface area contributed by atoms with Gasteiger partial charge < -0.3 is 26.0 Å². The number of ketones is 1. The first-order valence-corrected chi connectivity index (χ1v) is 9.67. The number of aliphatic hydroxyl groups excluding tert-OH is 3. The Morgan fingerprint density at radius 1 is 1.07 bits per heavy atom. The summed E-state index contributed by atoms with van der Waals surface area (Å²) in [6, 6.07) is 0. The molecule has 2 amide bonds. The molecule has 156 valence electrons. The van der Waals surface area contributed by atoms with Gasteiger partial charge in [0.25, 0.3) is 0 Å². The summed E-state index contributed by atoms with van der Waals surface area (Å²) in [7, 11) is 0. The number of carbonyl (C=O) groups is 4. The Kier molecular flexibility index (Phi) is 12.1. The van der Waals surface area contributed by atoms with Crippen molar-refractivity contribution in [3.63, 3.8) is 0 Å². The number of hydrogen-bond acceptors (Lipinski definition) is 8. The smallest absolute Gasteiger partial charge is 0.249 e. The third-order valence-corrected chi connectivity index (χ3v) is 4.47. The summed E-state index contributed by atoms with van der Waals surface area (Å²) in [6.07, 6.45) is -2.46. The van der Waals surface area contributed by atoms with Crippen LogP contribution < -0.4 is 10.6 Å². The van der Waals surface area contributed by atoms with Crippen LogP contribution in [0.15, 0.2) is 0 Å². The molecule has 0 heterocycles. The molecule has 27 heavy (non-hydrogen) atoms. The minimum Gasteiger partial charge on any atom is -0.396 e. The molecule has 0 aliphatic rings. The topological polar surface area (TPSA) is 153 Å². The Balaban J connectivity index is 3.88. The van der Waals surface area contributed by atoms with Crippen molar-refractivity contribution < 1.29 is 34.5 Å². The van der Waals surface area contributed by atoms with E-state index in [-0.39, 0.29) is 55.8 Å². The standard InChI is InChI=1S/C17H30N2O7S/c1-11(21)8-12(22)9-14(24)27-7-6-18-13(23)4-5-19-16(26)15(25)17(2,3)10-20/h11,15,20-21,25H,4-10H2,1-3H3,(H,18,23)(H,19,26)/t11-,15-/m0/s1. The fourth-order valence-corrected chi connectivity index (χ4v) is 2.59. The molecule has 10 heteroatoms. The highest BCUT2D eigenvalue weighted by molar-refractivity contribution is 8.13. The van der Waals surface area contributed by atoms with Gasteiger partial charge in [0.1, 0.15) is 11.9 Å². The van der Waals surface area contributed by atoms with Gasteiger partial charge in [-0.2, -0.15) is 0 Å². The van der Waals surface area contributed by atoms with E-state index in [0.717, 1.165) is 11.8 Å². The summed E-state index contributed by atoms with van der Waals surface area (Å²) >= 11 is 0.929. The van der Waals surface area contributed by atoms with E-state index < -0.39 is 23.5 Å². The van der Waals surface area contributed by atoms with Crippen LogP contribution in [0.3, 0.4) is 0 Å². The molecule has 0 fully saturated rings. The second-order valence-electron chi connectivity index (χ2n) is 6.93. The minimum absolute atomic E-state index is 0.00347. The molecular formula is C17H30N2O7S. The van der Waals surface area contributed by atoms with Crippen LogP contribution in [0, 0.1) is 5.41 Å². The van der Waals surface area contributed by atoms with Crippen LogP contribution in [0.25, 0.3) is 0 Å². The van der Waals surface area contributed by atoms with Gasteiger partial charge in [0.15, 0.2) is 5.12 Å². The highest BCUT2D eigenvalue weighted by Gasteiger charge is 2.32. The van der Waals surface area contributed by atoms with Crippen LogP contribution in [0.2, 0.25) is 0 Å². The average Bonchev–Trinajstić information content (AvgIpc) is 2.56. The Morgan fingerprint density at radius 3 is 2.26 bits per heavy atom. The molecule has 0 saturated carbocycles. The van der Waals surface area contributed by atoms with Gasteiger partial charge in [0, 0.05) is 37.1 Å². The number of carbonyl (C=O) groups excluding carboxylic acids is 4. The maximum atomic E-state index is 11.7. The molecule has 0 radical (unpaired) electrons. The molecule has 0 aliphatic heterocycles. The van der Waals surface area contributed by atoms with Gasteiger partial charge in [-0.15, -0.1) is 0 Å². The largest absolute Gasteiger partial charge is 0.396 e.